The van der Waals surface area contributed by atoms with Gasteiger partial charge in [-0.2, -0.15) is 4.98 Å². The van der Waals surface area contributed by atoms with Crippen molar-refractivity contribution in [1.29, 1.82) is 0 Å². The van der Waals surface area contributed by atoms with E-state index in [1.807, 2.05) is 24.3 Å². The molecule has 37 heavy (non-hydrogen) atoms. The lowest BCUT2D eigenvalue weighted by molar-refractivity contribution is 0.435. The lowest BCUT2D eigenvalue weighted by Gasteiger charge is -2.32. The van der Waals surface area contributed by atoms with Crippen molar-refractivity contribution >= 4 is 52.5 Å². The largest absolute Gasteiger partial charge is 0.361 e. The van der Waals surface area contributed by atoms with Crippen molar-refractivity contribution in [1.82, 2.24) is 25.3 Å². The lowest BCUT2D eigenvalue weighted by Crippen LogP contribution is -2.41. The number of piperidine rings is 1. The number of rotatable bonds is 7. The van der Waals surface area contributed by atoms with Crippen LogP contribution >= 0.6 is 35.6 Å². The normalized spacial score (nSPS) is 19.0. The van der Waals surface area contributed by atoms with Gasteiger partial charge in [-0.1, -0.05) is 43.5 Å². The number of nitrogens with zero attached hydrogens (tertiary/aromatic N) is 5. The summed E-state index contributed by atoms with van der Waals surface area (Å²) in [6.45, 7) is 4.99. The van der Waals surface area contributed by atoms with E-state index in [4.69, 9.17) is 33.8 Å². The molecule has 1 unspecified atom stereocenters. The Balaban J connectivity index is 1.33. The van der Waals surface area contributed by atoms with E-state index < -0.39 is 0 Å². The van der Waals surface area contributed by atoms with Crippen molar-refractivity contribution in [3.8, 4) is 0 Å². The van der Waals surface area contributed by atoms with Gasteiger partial charge in [-0.05, 0) is 79.3 Å². The molecule has 7 nitrogen and oxygen atoms in total. The molecule has 0 radical (unpaired) electrons. The number of nitrogens with one attached hydrogen (secondary N) is 2. The van der Waals surface area contributed by atoms with Gasteiger partial charge in [0.2, 0.25) is 5.95 Å². The summed E-state index contributed by atoms with van der Waals surface area (Å²) in [7, 11) is 0. The van der Waals surface area contributed by atoms with Crippen LogP contribution in [-0.4, -0.2) is 44.7 Å². The molecule has 0 bridgehead atoms. The minimum Gasteiger partial charge on any atom is -0.361 e. The molecule has 1 aliphatic heterocycles. The van der Waals surface area contributed by atoms with E-state index in [1.165, 1.54) is 36.6 Å². The van der Waals surface area contributed by atoms with E-state index in [1.54, 1.807) is 12.4 Å². The van der Waals surface area contributed by atoms with Gasteiger partial charge in [0.25, 0.3) is 0 Å². The van der Waals surface area contributed by atoms with Crippen LogP contribution in [-0.2, 0) is 5.41 Å². The molecule has 194 valence electrons. The standard InChI is InChI=1S/C27H32ClN7S2/c1-19-7-5-14-35(17-19)22-16-23(37-26-29-12-6-13-30-26)33-24(32-22)34-25(36)31-18-27(10-2-3-11-27)20-8-4-9-21(28)15-20/h4,6,8-9,12-13,15-16,19H,2-3,5,7,10-11,14,17-18H2,1H3,(H2,31,32,33,34,36). The average Bonchev–Trinajstić information content (AvgIpc) is 3.38. The second-order valence-electron chi connectivity index (χ2n) is 10.0. The lowest BCUT2D eigenvalue weighted by atomic mass is 9.79. The average molecular weight is 554 g/mol. The summed E-state index contributed by atoms with van der Waals surface area (Å²) in [5.41, 5.74) is 1.29. The van der Waals surface area contributed by atoms with Crippen LogP contribution in [0.15, 0.2) is 59.0 Å². The topological polar surface area (TPSA) is 78.9 Å². The summed E-state index contributed by atoms with van der Waals surface area (Å²) in [5, 5.41) is 9.44. The first kappa shape index (κ1) is 26.1. The first-order valence-corrected chi connectivity index (χ1v) is 14.5. The first-order valence-electron chi connectivity index (χ1n) is 12.9. The Kier molecular flexibility index (Phi) is 8.42. The zero-order valence-electron chi connectivity index (χ0n) is 21.0. The van der Waals surface area contributed by atoms with Gasteiger partial charge < -0.3 is 15.5 Å². The first-order chi connectivity index (χ1) is 18.0. The van der Waals surface area contributed by atoms with E-state index in [2.05, 4.69) is 44.6 Å². The number of benzene rings is 1. The Morgan fingerprint density at radius 3 is 2.70 bits per heavy atom. The minimum atomic E-state index is 0.0228. The third-order valence-corrected chi connectivity index (χ3v) is 8.51. The highest BCUT2D eigenvalue weighted by Gasteiger charge is 2.35. The Morgan fingerprint density at radius 1 is 1.14 bits per heavy atom. The molecule has 2 aliphatic rings. The number of halogens is 1. The van der Waals surface area contributed by atoms with Gasteiger partial charge in [0.15, 0.2) is 10.3 Å². The number of thiocarbonyl (C=S) groups is 1. The molecule has 5 rings (SSSR count). The fourth-order valence-corrected chi connectivity index (χ4v) is 6.41. The highest BCUT2D eigenvalue weighted by Crippen LogP contribution is 2.41. The smallest absolute Gasteiger partial charge is 0.232 e. The van der Waals surface area contributed by atoms with Gasteiger partial charge in [-0.25, -0.2) is 15.0 Å². The zero-order valence-corrected chi connectivity index (χ0v) is 23.4. The number of aromatic nitrogens is 4. The van der Waals surface area contributed by atoms with Crippen LogP contribution in [0.2, 0.25) is 5.02 Å². The Hall–Kier alpha value is -2.49. The van der Waals surface area contributed by atoms with Crippen molar-refractivity contribution in [2.75, 3.05) is 29.9 Å². The molecule has 1 saturated carbocycles. The molecule has 3 heterocycles. The molecule has 1 saturated heterocycles. The minimum absolute atomic E-state index is 0.0228. The summed E-state index contributed by atoms with van der Waals surface area (Å²) < 4.78 is 0. The second kappa shape index (κ2) is 11.9. The SMILES string of the molecule is CC1CCCN(c2cc(Sc3ncccn3)nc(NC(=S)NCC3(c4cccc(Cl)c4)CCCC3)n2)C1. The molecule has 2 N–H and O–H groups in total. The van der Waals surface area contributed by atoms with Gasteiger partial charge in [0.1, 0.15) is 10.8 Å². The van der Waals surface area contributed by atoms with Crippen LogP contribution in [0.1, 0.15) is 51.0 Å². The maximum absolute atomic E-state index is 6.33. The summed E-state index contributed by atoms with van der Waals surface area (Å²) >= 11 is 13.5. The predicted molar refractivity (Wildman–Crippen MR) is 155 cm³/mol. The van der Waals surface area contributed by atoms with E-state index in [9.17, 15) is 0 Å². The van der Waals surface area contributed by atoms with Crippen LogP contribution < -0.4 is 15.5 Å². The molecule has 1 aliphatic carbocycles. The Labute approximate surface area is 233 Å². The van der Waals surface area contributed by atoms with Gasteiger partial charge >= 0.3 is 0 Å². The molecule has 0 amide bonds. The predicted octanol–water partition coefficient (Wildman–Crippen LogP) is 6.11. The van der Waals surface area contributed by atoms with Crippen molar-refractivity contribution in [2.24, 2.45) is 5.92 Å². The summed E-state index contributed by atoms with van der Waals surface area (Å²) in [5.74, 6) is 2.01. The molecule has 10 heteroatoms. The molecule has 1 atom stereocenters. The van der Waals surface area contributed by atoms with Crippen LogP contribution in [0.4, 0.5) is 11.8 Å². The second-order valence-corrected chi connectivity index (χ2v) is 11.9. The zero-order chi connectivity index (χ0) is 25.7. The Bertz CT molecular complexity index is 1220. The van der Waals surface area contributed by atoms with Crippen molar-refractivity contribution in [3.63, 3.8) is 0 Å². The van der Waals surface area contributed by atoms with Gasteiger partial charge in [-0.15, -0.1) is 0 Å². The molecule has 1 aromatic carbocycles. The third kappa shape index (κ3) is 6.69. The van der Waals surface area contributed by atoms with Crippen molar-refractivity contribution in [2.45, 2.75) is 61.0 Å². The van der Waals surface area contributed by atoms with Crippen LogP contribution in [0.25, 0.3) is 0 Å². The number of hydrogen-bond acceptors (Lipinski definition) is 7. The summed E-state index contributed by atoms with van der Waals surface area (Å²) in [4.78, 5) is 20.6. The molecular formula is C27H32ClN7S2. The molecule has 3 aromatic rings. The number of anilines is 2. The fraction of sp³-hybridized carbons (Fsp3) is 0.444. The number of hydrogen-bond donors (Lipinski definition) is 2. The van der Waals surface area contributed by atoms with Gasteiger partial charge in [-0.3, -0.25) is 0 Å². The maximum Gasteiger partial charge on any atom is 0.232 e. The highest BCUT2D eigenvalue weighted by atomic mass is 35.5. The van der Waals surface area contributed by atoms with Crippen LogP contribution in [0.5, 0.6) is 0 Å². The highest BCUT2D eigenvalue weighted by molar-refractivity contribution is 7.99. The maximum atomic E-state index is 6.33. The summed E-state index contributed by atoms with van der Waals surface area (Å²) in [6.07, 6.45) is 10.5. The van der Waals surface area contributed by atoms with E-state index >= 15 is 0 Å². The quantitative estimate of drug-likeness (QED) is 0.205. The van der Waals surface area contributed by atoms with Crippen LogP contribution in [0.3, 0.4) is 0 Å². The molecule has 2 fully saturated rings. The van der Waals surface area contributed by atoms with Gasteiger partial charge in [0.05, 0.1) is 0 Å². The third-order valence-electron chi connectivity index (χ3n) is 7.22. The monoisotopic (exact) mass is 553 g/mol. The molecule has 2 aromatic heterocycles. The molecule has 0 spiro atoms. The molecular weight excluding hydrogens is 522 g/mol. The van der Waals surface area contributed by atoms with E-state index in [0.29, 0.717) is 22.1 Å². The van der Waals surface area contributed by atoms with E-state index in [-0.39, 0.29) is 5.41 Å². The van der Waals surface area contributed by atoms with Crippen molar-refractivity contribution < 1.29 is 0 Å². The van der Waals surface area contributed by atoms with Crippen LogP contribution in [0, 0.1) is 5.92 Å². The van der Waals surface area contributed by atoms with E-state index in [0.717, 1.165) is 54.8 Å². The summed E-state index contributed by atoms with van der Waals surface area (Å²) in [6, 6.07) is 12.1. The van der Waals surface area contributed by atoms with Gasteiger partial charge in [0, 0.05) is 48.5 Å². The fourth-order valence-electron chi connectivity index (χ4n) is 5.35. The Morgan fingerprint density at radius 2 is 1.95 bits per heavy atom. The van der Waals surface area contributed by atoms with Crippen molar-refractivity contribution in [3.05, 3.63) is 59.4 Å².